The molecule has 1 aromatic rings. The number of primary amides is 1. The number of aromatic nitrogens is 1. The third-order valence-electron chi connectivity index (χ3n) is 2.39. The van der Waals surface area contributed by atoms with Crippen LogP contribution >= 0.6 is 0 Å². The number of nitrogens with zero attached hydrogens (tertiary/aromatic N) is 3. The van der Waals surface area contributed by atoms with Gasteiger partial charge in [-0.05, 0) is 18.2 Å². The van der Waals surface area contributed by atoms with Crippen molar-refractivity contribution in [2.75, 3.05) is 7.05 Å². The van der Waals surface area contributed by atoms with E-state index >= 15 is 0 Å². The molecule has 16 heavy (non-hydrogen) atoms. The summed E-state index contributed by atoms with van der Waals surface area (Å²) in [5.41, 5.74) is 6.88. The van der Waals surface area contributed by atoms with E-state index in [1.54, 1.807) is 24.4 Å². The molecule has 0 radical (unpaired) electrons. The van der Waals surface area contributed by atoms with E-state index in [2.05, 4.69) is 9.98 Å². The Hall–Kier alpha value is -2.17. The SMILES string of the molecule is CN1C(c2ccccn2)=CC=NC1C(N)=O. The first kappa shape index (κ1) is 10.4. The van der Waals surface area contributed by atoms with Crippen molar-refractivity contribution in [2.24, 2.45) is 10.7 Å². The summed E-state index contributed by atoms with van der Waals surface area (Å²) in [6, 6.07) is 5.61. The number of amides is 1. The molecule has 0 saturated carbocycles. The zero-order valence-corrected chi connectivity index (χ0v) is 8.87. The second kappa shape index (κ2) is 4.14. The van der Waals surface area contributed by atoms with Crippen molar-refractivity contribution in [1.29, 1.82) is 0 Å². The first-order chi connectivity index (χ1) is 7.70. The molecule has 5 heteroatoms. The molecule has 0 saturated heterocycles. The number of nitrogens with two attached hydrogens (primary N) is 1. The van der Waals surface area contributed by atoms with Crippen LogP contribution in [0.3, 0.4) is 0 Å². The van der Waals surface area contributed by atoms with Crippen LogP contribution < -0.4 is 5.73 Å². The van der Waals surface area contributed by atoms with E-state index in [1.165, 1.54) is 0 Å². The predicted molar refractivity (Wildman–Crippen MR) is 61.5 cm³/mol. The lowest BCUT2D eigenvalue weighted by Gasteiger charge is -2.28. The predicted octanol–water partition coefficient (Wildman–Crippen LogP) is 0.250. The Morgan fingerprint density at radius 2 is 2.31 bits per heavy atom. The lowest BCUT2D eigenvalue weighted by atomic mass is 10.2. The molecule has 0 aliphatic carbocycles. The number of rotatable bonds is 2. The monoisotopic (exact) mass is 216 g/mol. The molecule has 0 spiro atoms. The summed E-state index contributed by atoms with van der Waals surface area (Å²) in [6.45, 7) is 0. The topological polar surface area (TPSA) is 71.6 Å². The van der Waals surface area contributed by atoms with Crippen LogP contribution in [0.1, 0.15) is 5.69 Å². The number of likely N-dealkylation sites (N-methyl/N-ethyl adjacent to an activating group) is 1. The number of hydrogen-bond acceptors (Lipinski definition) is 4. The average molecular weight is 216 g/mol. The number of allylic oxidation sites excluding steroid dienone is 1. The molecule has 1 amide bonds. The number of carbonyl (C=O) groups is 1. The average Bonchev–Trinajstić information content (AvgIpc) is 2.30. The van der Waals surface area contributed by atoms with Crippen molar-refractivity contribution >= 4 is 17.8 Å². The normalized spacial score (nSPS) is 19.4. The summed E-state index contributed by atoms with van der Waals surface area (Å²) in [6.07, 6.45) is 4.44. The zero-order valence-electron chi connectivity index (χ0n) is 8.87. The van der Waals surface area contributed by atoms with Crippen LogP contribution in [-0.4, -0.2) is 35.2 Å². The van der Waals surface area contributed by atoms with Crippen LogP contribution in [0.25, 0.3) is 5.70 Å². The van der Waals surface area contributed by atoms with Crippen LogP contribution in [0.15, 0.2) is 35.5 Å². The van der Waals surface area contributed by atoms with Gasteiger partial charge in [-0.1, -0.05) is 6.07 Å². The molecule has 1 atom stereocenters. The molecular formula is C11H12N4O. The third-order valence-corrected chi connectivity index (χ3v) is 2.39. The Morgan fingerprint density at radius 3 is 2.94 bits per heavy atom. The van der Waals surface area contributed by atoms with Gasteiger partial charge in [-0.15, -0.1) is 0 Å². The maximum Gasteiger partial charge on any atom is 0.262 e. The zero-order chi connectivity index (χ0) is 11.5. The Morgan fingerprint density at radius 1 is 1.50 bits per heavy atom. The Balaban J connectivity index is 2.33. The fourth-order valence-electron chi connectivity index (χ4n) is 1.59. The van der Waals surface area contributed by atoms with E-state index < -0.39 is 12.1 Å². The first-order valence-corrected chi connectivity index (χ1v) is 4.87. The molecular weight excluding hydrogens is 204 g/mol. The molecule has 1 aliphatic rings. The van der Waals surface area contributed by atoms with Crippen molar-refractivity contribution in [1.82, 2.24) is 9.88 Å². The maximum atomic E-state index is 11.2. The second-order valence-electron chi connectivity index (χ2n) is 3.45. The highest BCUT2D eigenvalue weighted by molar-refractivity contribution is 5.91. The van der Waals surface area contributed by atoms with Gasteiger partial charge < -0.3 is 10.6 Å². The van der Waals surface area contributed by atoms with Crippen LogP contribution in [0, 0.1) is 0 Å². The van der Waals surface area contributed by atoms with Gasteiger partial charge in [-0.2, -0.15) is 0 Å². The minimum Gasteiger partial charge on any atom is -0.366 e. The second-order valence-corrected chi connectivity index (χ2v) is 3.45. The van der Waals surface area contributed by atoms with Gasteiger partial charge in [-0.3, -0.25) is 14.8 Å². The summed E-state index contributed by atoms with van der Waals surface area (Å²) < 4.78 is 0. The van der Waals surface area contributed by atoms with Crippen molar-refractivity contribution in [3.63, 3.8) is 0 Å². The Bertz CT molecular complexity index is 452. The maximum absolute atomic E-state index is 11.2. The van der Waals surface area contributed by atoms with Crippen molar-refractivity contribution in [3.8, 4) is 0 Å². The molecule has 1 unspecified atom stereocenters. The largest absolute Gasteiger partial charge is 0.366 e. The van der Waals surface area contributed by atoms with Gasteiger partial charge in [0.15, 0.2) is 6.17 Å². The van der Waals surface area contributed by atoms with Gasteiger partial charge in [0.05, 0.1) is 11.4 Å². The minimum atomic E-state index is -0.651. The smallest absolute Gasteiger partial charge is 0.262 e. The standard InChI is InChI=1S/C11H12N4O/c1-15-9(8-4-2-3-6-13-8)5-7-14-11(15)10(12)16/h2-7,11H,1H3,(H2,12,16). The third kappa shape index (κ3) is 1.79. The van der Waals surface area contributed by atoms with E-state index in [4.69, 9.17) is 5.73 Å². The van der Waals surface area contributed by atoms with Crippen molar-refractivity contribution < 1.29 is 4.79 Å². The Labute approximate surface area is 93.3 Å². The van der Waals surface area contributed by atoms with Gasteiger partial charge in [0, 0.05) is 19.5 Å². The van der Waals surface area contributed by atoms with Crippen LogP contribution in [-0.2, 0) is 4.79 Å². The van der Waals surface area contributed by atoms with Crippen molar-refractivity contribution in [3.05, 3.63) is 36.2 Å². The van der Waals surface area contributed by atoms with E-state index in [9.17, 15) is 4.79 Å². The molecule has 1 aliphatic heterocycles. The molecule has 0 fully saturated rings. The van der Waals surface area contributed by atoms with Crippen LogP contribution in [0.2, 0.25) is 0 Å². The van der Waals surface area contributed by atoms with E-state index in [-0.39, 0.29) is 0 Å². The van der Waals surface area contributed by atoms with Gasteiger partial charge >= 0.3 is 0 Å². The fraction of sp³-hybridized carbons (Fsp3) is 0.182. The number of pyridine rings is 1. The minimum absolute atomic E-state index is 0.472. The molecule has 0 aromatic carbocycles. The quantitative estimate of drug-likeness (QED) is 0.770. The van der Waals surface area contributed by atoms with E-state index in [0.717, 1.165) is 11.4 Å². The Kier molecular flexibility index (Phi) is 2.68. The highest BCUT2D eigenvalue weighted by Crippen LogP contribution is 2.20. The highest BCUT2D eigenvalue weighted by atomic mass is 16.1. The van der Waals surface area contributed by atoms with Crippen LogP contribution in [0.5, 0.6) is 0 Å². The van der Waals surface area contributed by atoms with Gasteiger partial charge in [0.2, 0.25) is 0 Å². The summed E-state index contributed by atoms with van der Waals surface area (Å²) in [5, 5.41) is 0. The molecule has 2 heterocycles. The van der Waals surface area contributed by atoms with Gasteiger partial charge in [0.1, 0.15) is 0 Å². The summed E-state index contributed by atoms with van der Waals surface area (Å²) in [4.78, 5) is 21.1. The summed E-state index contributed by atoms with van der Waals surface area (Å²) in [5.74, 6) is -0.472. The number of aliphatic imine (C=N–C) groups is 1. The van der Waals surface area contributed by atoms with Crippen molar-refractivity contribution in [2.45, 2.75) is 6.17 Å². The molecule has 5 nitrogen and oxygen atoms in total. The van der Waals surface area contributed by atoms with Gasteiger partial charge in [-0.25, -0.2) is 0 Å². The summed E-state index contributed by atoms with van der Waals surface area (Å²) in [7, 11) is 1.77. The first-order valence-electron chi connectivity index (χ1n) is 4.87. The van der Waals surface area contributed by atoms with E-state index in [1.807, 2.05) is 24.3 Å². The number of carbonyl (C=O) groups excluding carboxylic acids is 1. The summed E-state index contributed by atoms with van der Waals surface area (Å²) >= 11 is 0. The molecule has 1 aromatic heterocycles. The van der Waals surface area contributed by atoms with Gasteiger partial charge in [0.25, 0.3) is 5.91 Å². The van der Waals surface area contributed by atoms with Crippen LogP contribution in [0.4, 0.5) is 0 Å². The lowest BCUT2D eigenvalue weighted by Crippen LogP contribution is -2.41. The highest BCUT2D eigenvalue weighted by Gasteiger charge is 2.24. The van der Waals surface area contributed by atoms with E-state index in [0.29, 0.717) is 0 Å². The fourth-order valence-corrected chi connectivity index (χ4v) is 1.59. The molecule has 0 bridgehead atoms. The molecule has 2 N–H and O–H groups in total. The molecule has 82 valence electrons. The molecule has 2 rings (SSSR count). The lowest BCUT2D eigenvalue weighted by molar-refractivity contribution is -0.121. The number of hydrogen-bond donors (Lipinski definition) is 1.